The molecule has 0 aliphatic heterocycles. The van der Waals surface area contributed by atoms with Gasteiger partial charge in [0, 0.05) is 6.54 Å². The fraction of sp³-hybridized carbons (Fsp3) is 0.545. The molecular weight excluding hydrogens is 202 g/mol. The zero-order valence-corrected chi connectivity index (χ0v) is 9.11. The topological polar surface area (TPSA) is 66.5 Å². The first kappa shape index (κ1) is 9.57. The van der Waals surface area contributed by atoms with Crippen LogP contribution in [0.5, 0.6) is 0 Å². The molecule has 5 nitrogen and oxygen atoms in total. The molecule has 1 aliphatic carbocycles. The molecule has 16 heavy (non-hydrogen) atoms. The highest BCUT2D eigenvalue weighted by Crippen LogP contribution is 2.25. The first-order valence-electron chi connectivity index (χ1n) is 5.81. The van der Waals surface area contributed by atoms with Gasteiger partial charge in [0.25, 0.3) is 0 Å². The Kier molecular flexibility index (Phi) is 2.44. The third-order valence-electron chi connectivity index (χ3n) is 3.25. The van der Waals surface area contributed by atoms with Gasteiger partial charge in [-0.15, -0.1) is 0 Å². The summed E-state index contributed by atoms with van der Waals surface area (Å²) in [6.07, 6.45) is 8.63. The Bertz CT molecular complexity index is 472. The van der Waals surface area contributed by atoms with E-state index in [1.807, 2.05) is 0 Å². The average Bonchev–Trinajstić information content (AvgIpc) is 2.97. The van der Waals surface area contributed by atoms with Crippen LogP contribution in [-0.4, -0.2) is 26.5 Å². The number of nitrogens with zero attached hydrogens (tertiary/aromatic N) is 3. The van der Waals surface area contributed by atoms with Gasteiger partial charge in [-0.3, -0.25) is 0 Å². The average molecular weight is 217 g/mol. The molecule has 2 heterocycles. The van der Waals surface area contributed by atoms with Gasteiger partial charge in [-0.05, 0) is 18.8 Å². The van der Waals surface area contributed by atoms with E-state index in [1.54, 1.807) is 12.7 Å². The van der Waals surface area contributed by atoms with Crippen LogP contribution in [0.3, 0.4) is 0 Å². The van der Waals surface area contributed by atoms with Crippen LogP contribution in [0.2, 0.25) is 0 Å². The third-order valence-corrected chi connectivity index (χ3v) is 3.25. The van der Waals surface area contributed by atoms with Gasteiger partial charge in [-0.25, -0.2) is 15.0 Å². The van der Waals surface area contributed by atoms with Gasteiger partial charge in [0.15, 0.2) is 11.5 Å². The minimum atomic E-state index is 0.795. The zero-order chi connectivity index (χ0) is 10.8. The van der Waals surface area contributed by atoms with Crippen molar-refractivity contribution >= 4 is 17.0 Å². The SMILES string of the molecule is c1nc(NCC2CCCC2)c2nc[nH]c2n1. The van der Waals surface area contributed by atoms with E-state index in [9.17, 15) is 0 Å². The smallest absolute Gasteiger partial charge is 0.162 e. The summed E-state index contributed by atoms with van der Waals surface area (Å²) in [4.78, 5) is 15.6. The summed E-state index contributed by atoms with van der Waals surface area (Å²) in [5, 5.41) is 3.38. The number of imidazole rings is 1. The summed E-state index contributed by atoms with van der Waals surface area (Å²) < 4.78 is 0. The number of nitrogens with one attached hydrogen (secondary N) is 2. The molecule has 2 aromatic heterocycles. The van der Waals surface area contributed by atoms with Crippen LogP contribution >= 0.6 is 0 Å². The van der Waals surface area contributed by atoms with Crippen molar-refractivity contribution in [2.45, 2.75) is 25.7 Å². The number of aromatic amines is 1. The van der Waals surface area contributed by atoms with Crippen LogP contribution in [0.25, 0.3) is 11.2 Å². The maximum absolute atomic E-state index is 4.24. The van der Waals surface area contributed by atoms with E-state index in [4.69, 9.17) is 0 Å². The quantitative estimate of drug-likeness (QED) is 0.824. The Balaban J connectivity index is 1.75. The largest absolute Gasteiger partial charge is 0.368 e. The third kappa shape index (κ3) is 1.73. The van der Waals surface area contributed by atoms with Crippen molar-refractivity contribution in [2.24, 2.45) is 5.92 Å². The van der Waals surface area contributed by atoms with E-state index >= 15 is 0 Å². The van der Waals surface area contributed by atoms with Crippen molar-refractivity contribution < 1.29 is 0 Å². The Morgan fingerprint density at radius 2 is 2.12 bits per heavy atom. The number of hydrogen-bond acceptors (Lipinski definition) is 4. The number of anilines is 1. The molecule has 0 amide bonds. The maximum Gasteiger partial charge on any atom is 0.162 e. The second-order valence-electron chi connectivity index (χ2n) is 4.35. The molecular formula is C11H15N5. The van der Waals surface area contributed by atoms with E-state index < -0.39 is 0 Å². The number of fused-ring (bicyclic) bond motifs is 1. The maximum atomic E-state index is 4.24. The van der Waals surface area contributed by atoms with E-state index in [0.717, 1.165) is 29.4 Å². The normalized spacial score (nSPS) is 17.0. The highest BCUT2D eigenvalue weighted by molar-refractivity contribution is 5.81. The lowest BCUT2D eigenvalue weighted by Gasteiger charge is -2.10. The van der Waals surface area contributed by atoms with Crippen molar-refractivity contribution in [3.05, 3.63) is 12.7 Å². The molecule has 5 heteroatoms. The van der Waals surface area contributed by atoms with Crippen molar-refractivity contribution in [3.63, 3.8) is 0 Å². The summed E-state index contributed by atoms with van der Waals surface area (Å²) in [5.74, 6) is 1.64. The van der Waals surface area contributed by atoms with Crippen LogP contribution in [0.4, 0.5) is 5.82 Å². The van der Waals surface area contributed by atoms with Crippen LogP contribution in [0.15, 0.2) is 12.7 Å². The Morgan fingerprint density at radius 1 is 1.25 bits per heavy atom. The minimum Gasteiger partial charge on any atom is -0.368 e. The molecule has 1 fully saturated rings. The molecule has 0 bridgehead atoms. The number of hydrogen-bond donors (Lipinski definition) is 2. The van der Waals surface area contributed by atoms with Gasteiger partial charge in [0.1, 0.15) is 11.8 Å². The second kappa shape index (κ2) is 4.08. The minimum absolute atomic E-state index is 0.795. The van der Waals surface area contributed by atoms with E-state index in [-0.39, 0.29) is 0 Å². The number of rotatable bonds is 3. The molecule has 0 unspecified atom stereocenters. The molecule has 1 aliphatic rings. The predicted molar refractivity (Wildman–Crippen MR) is 62.1 cm³/mol. The number of H-pyrrole nitrogens is 1. The molecule has 0 atom stereocenters. The first-order chi connectivity index (χ1) is 7.93. The van der Waals surface area contributed by atoms with Gasteiger partial charge in [-0.2, -0.15) is 0 Å². The van der Waals surface area contributed by atoms with Crippen molar-refractivity contribution in [1.82, 2.24) is 19.9 Å². The van der Waals surface area contributed by atoms with Gasteiger partial charge in [0.05, 0.1) is 6.33 Å². The molecule has 2 N–H and O–H groups in total. The lowest BCUT2D eigenvalue weighted by atomic mass is 10.1. The Morgan fingerprint density at radius 3 is 3.00 bits per heavy atom. The number of aromatic nitrogens is 4. The van der Waals surface area contributed by atoms with Crippen LogP contribution in [-0.2, 0) is 0 Å². The summed E-state index contributed by atoms with van der Waals surface area (Å²) >= 11 is 0. The first-order valence-corrected chi connectivity index (χ1v) is 5.81. The predicted octanol–water partition coefficient (Wildman–Crippen LogP) is 1.95. The van der Waals surface area contributed by atoms with E-state index in [2.05, 4.69) is 25.3 Å². The van der Waals surface area contributed by atoms with E-state index in [0.29, 0.717) is 0 Å². The van der Waals surface area contributed by atoms with Crippen molar-refractivity contribution in [2.75, 3.05) is 11.9 Å². The van der Waals surface area contributed by atoms with Crippen molar-refractivity contribution in [3.8, 4) is 0 Å². The lowest BCUT2D eigenvalue weighted by molar-refractivity contribution is 0.579. The molecule has 2 aromatic rings. The molecule has 0 saturated heterocycles. The highest BCUT2D eigenvalue weighted by Gasteiger charge is 2.15. The van der Waals surface area contributed by atoms with Crippen LogP contribution in [0, 0.1) is 5.92 Å². The van der Waals surface area contributed by atoms with Gasteiger partial charge in [-0.1, -0.05) is 12.8 Å². The fourth-order valence-corrected chi connectivity index (χ4v) is 2.35. The highest BCUT2D eigenvalue weighted by atomic mass is 15.1. The summed E-state index contributed by atoms with van der Waals surface area (Å²) in [7, 11) is 0. The van der Waals surface area contributed by atoms with Gasteiger partial charge in [0.2, 0.25) is 0 Å². The fourth-order valence-electron chi connectivity index (χ4n) is 2.35. The summed E-state index contributed by atoms with van der Waals surface area (Å²) in [6, 6.07) is 0. The molecule has 0 aromatic carbocycles. The van der Waals surface area contributed by atoms with Crippen molar-refractivity contribution in [1.29, 1.82) is 0 Å². The zero-order valence-electron chi connectivity index (χ0n) is 9.11. The monoisotopic (exact) mass is 217 g/mol. The molecule has 0 spiro atoms. The molecule has 1 saturated carbocycles. The molecule has 84 valence electrons. The van der Waals surface area contributed by atoms with Gasteiger partial charge >= 0.3 is 0 Å². The van der Waals surface area contributed by atoms with Gasteiger partial charge < -0.3 is 10.3 Å². The molecule has 3 rings (SSSR count). The summed E-state index contributed by atoms with van der Waals surface area (Å²) in [6.45, 7) is 0.999. The summed E-state index contributed by atoms with van der Waals surface area (Å²) in [5.41, 5.74) is 1.63. The van der Waals surface area contributed by atoms with E-state index in [1.165, 1.54) is 25.7 Å². The lowest BCUT2D eigenvalue weighted by Crippen LogP contribution is -2.12. The molecule has 0 radical (unpaired) electrons. The Hall–Kier alpha value is -1.65. The van der Waals surface area contributed by atoms with Crippen LogP contribution < -0.4 is 5.32 Å². The second-order valence-corrected chi connectivity index (χ2v) is 4.35. The standard InChI is InChI=1S/C11H15N5/c1-2-4-8(3-1)5-12-10-9-11(14-6-13-9)16-7-15-10/h6-8H,1-5H2,(H2,12,13,14,15,16). The van der Waals surface area contributed by atoms with Crippen LogP contribution in [0.1, 0.15) is 25.7 Å². The Labute approximate surface area is 93.7 Å².